The van der Waals surface area contributed by atoms with Gasteiger partial charge in [0.2, 0.25) is 21.8 Å². The molecule has 8 heteroatoms. The predicted molar refractivity (Wildman–Crippen MR) is 157 cm³/mol. The second-order valence-electron chi connectivity index (χ2n) is 10.1. The van der Waals surface area contributed by atoms with Crippen LogP contribution >= 0.6 is 0 Å². The number of hydrogen-bond acceptors (Lipinski definition) is 4. The van der Waals surface area contributed by atoms with Crippen LogP contribution in [0.15, 0.2) is 72.8 Å². The van der Waals surface area contributed by atoms with Crippen LogP contribution in [0.1, 0.15) is 41.2 Å². The largest absolute Gasteiger partial charge is 0.354 e. The van der Waals surface area contributed by atoms with Crippen LogP contribution in [0.3, 0.4) is 0 Å². The first-order valence-electron chi connectivity index (χ1n) is 13.2. The summed E-state index contributed by atoms with van der Waals surface area (Å²) < 4.78 is 27.0. The molecule has 0 aromatic heterocycles. The van der Waals surface area contributed by atoms with Crippen LogP contribution in [0.25, 0.3) is 0 Å². The van der Waals surface area contributed by atoms with E-state index in [2.05, 4.69) is 5.32 Å². The van der Waals surface area contributed by atoms with Gasteiger partial charge in [-0.15, -0.1) is 0 Å². The summed E-state index contributed by atoms with van der Waals surface area (Å²) in [7, 11) is -3.79. The van der Waals surface area contributed by atoms with Gasteiger partial charge in [-0.25, -0.2) is 8.42 Å². The summed E-state index contributed by atoms with van der Waals surface area (Å²) in [6.07, 6.45) is 2.15. The fourth-order valence-electron chi connectivity index (χ4n) is 4.60. The summed E-state index contributed by atoms with van der Waals surface area (Å²) in [5.74, 6) is -0.713. The Morgan fingerprint density at radius 2 is 1.51 bits per heavy atom. The van der Waals surface area contributed by atoms with Crippen molar-refractivity contribution in [3.8, 4) is 0 Å². The van der Waals surface area contributed by atoms with Crippen molar-refractivity contribution in [2.24, 2.45) is 0 Å². The fraction of sp³-hybridized carbons (Fsp3) is 0.355. The molecule has 39 heavy (non-hydrogen) atoms. The summed E-state index contributed by atoms with van der Waals surface area (Å²) in [6.45, 7) is 7.94. The maximum absolute atomic E-state index is 14.1. The number of carbonyl (C=O) groups excluding carboxylic acids is 2. The third-order valence-corrected chi connectivity index (χ3v) is 7.74. The Kier molecular flexibility index (Phi) is 10.3. The average molecular weight is 550 g/mol. The van der Waals surface area contributed by atoms with Crippen molar-refractivity contribution >= 4 is 27.5 Å². The molecule has 0 saturated carbocycles. The number of amides is 2. The number of hydrogen-bond donors (Lipinski definition) is 1. The van der Waals surface area contributed by atoms with Crippen molar-refractivity contribution in [1.29, 1.82) is 0 Å². The number of carbonyl (C=O) groups is 2. The Balaban J connectivity index is 2.07. The Morgan fingerprint density at radius 3 is 2.10 bits per heavy atom. The smallest absolute Gasteiger partial charge is 0.244 e. The number of aryl methyl sites for hydroxylation is 3. The van der Waals surface area contributed by atoms with E-state index in [0.29, 0.717) is 18.7 Å². The standard InChI is InChI=1S/C31H39N3O4S/c1-6-16-32-31(36)29(20-26-13-8-7-9-14-26)33(21-27-15-11-10-12-25(27)4)30(35)22-34(39(5,37)38)28-18-23(2)17-24(3)19-28/h7-15,17-19,29H,6,16,20-22H2,1-5H3,(H,32,36)/t29-/m0/s1. The van der Waals surface area contributed by atoms with Crippen LogP contribution in [0, 0.1) is 20.8 Å². The monoisotopic (exact) mass is 549 g/mol. The van der Waals surface area contributed by atoms with Crippen LogP contribution in [-0.2, 0) is 32.6 Å². The molecular weight excluding hydrogens is 510 g/mol. The third kappa shape index (κ3) is 8.42. The molecule has 0 saturated heterocycles. The van der Waals surface area contributed by atoms with Crippen molar-refractivity contribution in [3.63, 3.8) is 0 Å². The minimum Gasteiger partial charge on any atom is -0.354 e. The van der Waals surface area contributed by atoms with Crippen molar-refractivity contribution in [3.05, 3.63) is 101 Å². The van der Waals surface area contributed by atoms with Gasteiger partial charge >= 0.3 is 0 Å². The first kappa shape index (κ1) is 29.9. The molecule has 2 amide bonds. The Morgan fingerprint density at radius 1 is 0.897 bits per heavy atom. The number of nitrogens with zero attached hydrogens (tertiary/aromatic N) is 2. The van der Waals surface area contributed by atoms with Gasteiger partial charge in [0.25, 0.3) is 0 Å². The zero-order chi connectivity index (χ0) is 28.6. The van der Waals surface area contributed by atoms with Crippen LogP contribution in [-0.4, -0.2) is 50.5 Å². The molecule has 0 bridgehead atoms. The predicted octanol–water partition coefficient (Wildman–Crippen LogP) is 4.54. The highest BCUT2D eigenvalue weighted by Gasteiger charge is 2.33. The van der Waals surface area contributed by atoms with Gasteiger partial charge in [-0.05, 0) is 67.1 Å². The lowest BCUT2D eigenvalue weighted by Crippen LogP contribution is -2.53. The number of anilines is 1. The van der Waals surface area contributed by atoms with E-state index in [0.717, 1.165) is 44.8 Å². The first-order valence-corrected chi connectivity index (χ1v) is 15.1. The van der Waals surface area contributed by atoms with Crippen molar-refractivity contribution < 1.29 is 18.0 Å². The van der Waals surface area contributed by atoms with Gasteiger partial charge in [-0.2, -0.15) is 0 Å². The molecular formula is C31H39N3O4S. The zero-order valence-electron chi connectivity index (χ0n) is 23.5. The van der Waals surface area contributed by atoms with Gasteiger partial charge in [0.15, 0.2) is 0 Å². The second-order valence-corrected chi connectivity index (χ2v) is 12.0. The van der Waals surface area contributed by atoms with Gasteiger partial charge < -0.3 is 10.2 Å². The lowest BCUT2D eigenvalue weighted by atomic mass is 10.0. The molecule has 0 aliphatic carbocycles. The first-order chi connectivity index (χ1) is 18.5. The Hall–Kier alpha value is -3.65. The molecule has 3 aromatic rings. The summed E-state index contributed by atoms with van der Waals surface area (Å²) in [4.78, 5) is 29.2. The highest BCUT2D eigenvalue weighted by atomic mass is 32.2. The molecule has 3 aromatic carbocycles. The van der Waals surface area contributed by atoms with Crippen molar-refractivity contribution in [1.82, 2.24) is 10.2 Å². The van der Waals surface area contributed by atoms with Crippen LogP contribution in [0.2, 0.25) is 0 Å². The molecule has 0 aliphatic heterocycles. The third-order valence-electron chi connectivity index (χ3n) is 6.60. The topological polar surface area (TPSA) is 86.8 Å². The molecule has 0 unspecified atom stereocenters. The van der Waals surface area contributed by atoms with Crippen molar-refractivity contribution in [2.45, 2.75) is 53.1 Å². The molecule has 1 N–H and O–H groups in total. The van der Waals surface area contributed by atoms with E-state index in [1.54, 1.807) is 12.1 Å². The summed E-state index contributed by atoms with van der Waals surface area (Å²) >= 11 is 0. The van der Waals surface area contributed by atoms with E-state index in [9.17, 15) is 18.0 Å². The van der Waals surface area contributed by atoms with Gasteiger partial charge in [0, 0.05) is 19.5 Å². The van der Waals surface area contributed by atoms with Gasteiger partial charge in [-0.1, -0.05) is 67.6 Å². The van der Waals surface area contributed by atoms with E-state index in [1.807, 2.05) is 88.4 Å². The average Bonchev–Trinajstić information content (AvgIpc) is 2.88. The number of sulfonamides is 1. The van der Waals surface area contributed by atoms with E-state index in [4.69, 9.17) is 0 Å². The maximum atomic E-state index is 14.1. The SMILES string of the molecule is CCCNC(=O)[C@H](Cc1ccccc1)N(Cc1ccccc1C)C(=O)CN(c1cc(C)cc(C)c1)S(C)(=O)=O. The molecule has 7 nitrogen and oxygen atoms in total. The van der Waals surface area contributed by atoms with Crippen LogP contribution < -0.4 is 9.62 Å². The summed E-state index contributed by atoms with van der Waals surface area (Å²) in [6, 6.07) is 21.9. The van der Waals surface area contributed by atoms with Gasteiger partial charge in [-0.3, -0.25) is 13.9 Å². The van der Waals surface area contributed by atoms with Crippen molar-refractivity contribution in [2.75, 3.05) is 23.7 Å². The van der Waals surface area contributed by atoms with Crippen LogP contribution in [0.5, 0.6) is 0 Å². The van der Waals surface area contributed by atoms with E-state index < -0.39 is 28.5 Å². The van der Waals surface area contributed by atoms with E-state index in [1.165, 1.54) is 4.90 Å². The van der Waals surface area contributed by atoms with E-state index >= 15 is 0 Å². The number of rotatable bonds is 12. The van der Waals surface area contributed by atoms with Gasteiger partial charge in [0.05, 0.1) is 11.9 Å². The fourth-order valence-corrected chi connectivity index (χ4v) is 5.43. The molecule has 0 radical (unpaired) electrons. The lowest BCUT2D eigenvalue weighted by Gasteiger charge is -2.34. The molecule has 0 spiro atoms. The second kappa shape index (κ2) is 13.4. The quantitative estimate of drug-likeness (QED) is 0.359. The highest BCUT2D eigenvalue weighted by molar-refractivity contribution is 7.92. The molecule has 3 rings (SSSR count). The molecule has 0 fully saturated rings. The van der Waals surface area contributed by atoms with Gasteiger partial charge in [0.1, 0.15) is 12.6 Å². The molecule has 0 aliphatic rings. The Labute approximate surface area is 232 Å². The molecule has 0 heterocycles. The summed E-state index contributed by atoms with van der Waals surface area (Å²) in [5.41, 5.74) is 4.99. The zero-order valence-corrected chi connectivity index (χ0v) is 24.3. The molecule has 208 valence electrons. The lowest BCUT2D eigenvalue weighted by molar-refractivity contribution is -0.140. The highest BCUT2D eigenvalue weighted by Crippen LogP contribution is 2.23. The number of nitrogens with one attached hydrogen (secondary N) is 1. The maximum Gasteiger partial charge on any atom is 0.244 e. The summed E-state index contributed by atoms with van der Waals surface area (Å²) in [5, 5.41) is 2.95. The number of benzene rings is 3. The minimum absolute atomic E-state index is 0.174. The minimum atomic E-state index is -3.79. The Bertz CT molecular complexity index is 1370. The van der Waals surface area contributed by atoms with E-state index in [-0.39, 0.29) is 12.5 Å². The van der Waals surface area contributed by atoms with Crippen LogP contribution in [0.4, 0.5) is 5.69 Å². The molecule has 1 atom stereocenters. The normalized spacial score (nSPS) is 12.0.